The van der Waals surface area contributed by atoms with Crippen LogP contribution in [0.15, 0.2) is 11.1 Å². The van der Waals surface area contributed by atoms with Crippen LogP contribution in [0.25, 0.3) is 10.3 Å². The van der Waals surface area contributed by atoms with Crippen LogP contribution in [0.2, 0.25) is 0 Å². The van der Waals surface area contributed by atoms with Crippen molar-refractivity contribution in [1.82, 2.24) is 19.4 Å². The standard InChI is InChI=1S/C12H15N5O3S/c1-15-2-4-16(5-3-15)12-14-10-9(21-12)11(20)17(7-13-10)6-8(18)19/h7H,2-6H2,1H3,(H,18,19). The summed E-state index contributed by atoms with van der Waals surface area (Å²) in [7, 11) is 2.07. The summed E-state index contributed by atoms with van der Waals surface area (Å²) in [6.07, 6.45) is 1.24. The molecule has 0 saturated carbocycles. The van der Waals surface area contributed by atoms with Gasteiger partial charge in [0.15, 0.2) is 10.8 Å². The van der Waals surface area contributed by atoms with Crippen LogP contribution in [-0.4, -0.2) is 63.7 Å². The van der Waals surface area contributed by atoms with E-state index < -0.39 is 5.97 Å². The fourth-order valence-corrected chi connectivity index (χ4v) is 3.25. The highest BCUT2D eigenvalue weighted by molar-refractivity contribution is 7.22. The predicted octanol–water partition coefficient (Wildman–Crippen LogP) is -0.311. The van der Waals surface area contributed by atoms with Crippen LogP contribution in [0.5, 0.6) is 0 Å². The molecule has 0 unspecified atom stereocenters. The molecule has 1 saturated heterocycles. The molecule has 0 bridgehead atoms. The number of carboxylic acid groups (broad SMARTS) is 1. The summed E-state index contributed by atoms with van der Waals surface area (Å²) in [5.41, 5.74) is 0.0424. The van der Waals surface area contributed by atoms with Crippen LogP contribution in [0.1, 0.15) is 0 Å². The monoisotopic (exact) mass is 309 g/mol. The summed E-state index contributed by atoms with van der Waals surface area (Å²) >= 11 is 1.28. The van der Waals surface area contributed by atoms with Gasteiger partial charge in [0, 0.05) is 26.2 Å². The Labute approximate surface area is 124 Å². The molecule has 1 N–H and O–H groups in total. The van der Waals surface area contributed by atoms with E-state index in [2.05, 4.69) is 26.8 Å². The quantitative estimate of drug-likeness (QED) is 0.831. The Hall–Kier alpha value is -2.00. The third-order valence-corrected chi connectivity index (χ3v) is 4.55. The van der Waals surface area contributed by atoms with Crippen molar-refractivity contribution in [2.45, 2.75) is 6.54 Å². The predicted molar refractivity (Wildman–Crippen MR) is 79.0 cm³/mol. The maximum absolute atomic E-state index is 12.2. The average Bonchev–Trinajstić information content (AvgIpc) is 2.87. The minimum atomic E-state index is -1.07. The Morgan fingerprint density at radius 2 is 2.10 bits per heavy atom. The van der Waals surface area contributed by atoms with Crippen molar-refractivity contribution in [3.8, 4) is 0 Å². The van der Waals surface area contributed by atoms with E-state index >= 15 is 0 Å². The topological polar surface area (TPSA) is 91.6 Å². The number of hydrogen-bond donors (Lipinski definition) is 1. The molecule has 8 nitrogen and oxygen atoms in total. The van der Waals surface area contributed by atoms with E-state index in [9.17, 15) is 9.59 Å². The van der Waals surface area contributed by atoms with Crippen molar-refractivity contribution in [3.05, 3.63) is 16.7 Å². The van der Waals surface area contributed by atoms with Gasteiger partial charge in [-0.15, -0.1) is 0 Å². The summed E-state index contributed by atoms with van der Waals surface area (Å²) in [4.78, 5) is 35.8. The van der Waals surface area contributed by atoms with Gasteiger partial charge in [0.25, 0.3) is 5.56 Å². The summed E-state index contributed by atoms with van der Waals surface area (Å²) in [5, 5.41) is 9.56. The van der Waals surface area contributed by atoms with Crippen molar-refractivity contribution >= 4 is 32.8 Å². The minimum absolute atomic E-state index is 0.347. The number of carboxylic acids is 1. The van der Waals surface area contributed by atoms with Crippen LogP contribution in [0.3, 0.4) is 0 Å². The number of carbonyl (C=O) groups is 1. The second-order valence-corrected chi connectivity index (χ2v) is 5.99. The number of hydrogen-bond acceptors (Lipinski definition) is 7. The second-order valence-electron chi connectivity index (χ2n) is 5.01. The molecule has 1 aliphatic rings. The Bertz CT molecular complexity index is 732. The molecule has 9 heteroatoms. The van der Waals surface area contributed by atoms with Gasteiger partial charge in [0.05, 0.1) is 0 Å². The Balaban J connectivity index is 1.95. The van der Waals surface area contributed by atoms with Crippen molar-refractivity contribution in [1.29, 1.82) is 0 Å². The van der Waals surface area contributed by atoms with Gasteiger partial charge in [0.2, 0.25) is 0 Å². The lowest BCUT2D eigenvalue weighted by atomic mass is 10.3. The van der Waals surface area contributed by atoms with E-state index in [1.165, 1.54) is 17.7 Å². The zero-order chi connectivity index (χ0) is 15.0. The average molecular weight is 309 g/mol. The molecule has 21 heavy (non-hydrogen) atoms. The molecule has 1 aliphatic heterocycles. The first-order valence-electron chi connectivity index (χ1n) is 6.56. The summed E-state index contributed by atoms with van der Waals surface area (Å²) in [6.45, 7) is 3.24. The molecule has 0 aromatic carbocycles. The number of anilines is 1. The van der Waals surface area contributed by atoms with E-state index in [0.717, 1.165) is 35.9 Å². The van der Waals surface area contributed by atoms with Crippen LogP contribution >= 0.6 is 11.3 Å². The molecule has 112 valence electrons. The van der Waals surface area contributed by atoms with Gasteiger partial charge >= 0.3 is 5.97 Å². The highest BCUT2D eigenvalue weighted by Gasteiger charge is 2.19. The minimum Gasteiger partial charge on any atom is -0.480 e. The van der Waals surface area contributed by atoms with Crippen molar-refractivity contribution < 1.29 is 9.90 Å². The Kier molecular flexibility index (Phi) is 3.60. The molecule has 0 amide bonds. The van der Waals surface area contributed by atoms with Crippen LogP contribution in [0.4, 0.5) is 5.13 Å². The van der Waals surface area contributed by atoms with Gasteiger partial charge in [0.1, 0.15) is 17.6 Å². The van der Waals surface area contributed by atoms with Gasteiger partial charge in [-0.25, -0.2) is 4.98 Å². The number of likely N-dealkylation sites (N-methyl/N-ethyl adjacent to an activating group) is 1. The van der Waals surface area contributed by atoms with Gasteiger partial charge in [-0.3, -0.25) is 14.2 Å². The van der Waals surface area contributed by atoms with Gasteiger partial charge < -0.3 is 14.9 Å². The lowest BCUT2D eigenvalue weighted by Gasteiger charge is -2.31. The summed E-state index contributed by atoms with van der Waals surface area (Å²) < 4.78 is 1.50. The number of piperazine rings is 1. The van der Waals surface area contributed by atoms with E-state index in [1.807, 2.05) is 0 Å². The molecule has 2 aromatic heterocycles. The fourth-order valence-electron chi connectivity index (χ4n) is 2.23. The molecule has 2 aromatic rings. The first-order chi connectivity index (χ1) is 10.0. The zero-order valence-electron chi connectivity index (χ0n) is 11.5. The summed E-state index contributed by atoms with van der Waals surface area (Å²) in [6, 6.07) is 0. The molecular formula is C12H15N5O3S. The van der Waals surface area contributed by atoms with Crippen LogP contribution in [-0.2, 0) is 11.3 Å². The van der Waals surface area contributed by atoms with Gasteiger partial charge in [-0.1, -0.05) is 11.3 Å². The van der Waals surface area contributed by atoms with E-state index in [-0.39, 0.29) is 12.1 Å². The summed E-state index contributed by atoms with van der Waals surface area (Å²) in [5.74, 6) is -1.07. The lowest BCUT2D eigenvalue weighted by Crippen LogP contribution is -2.44. The van der Waals surface area contributed by atoms with E-state index in [1.54, 1.807) is 0 Å². The first-order valence-corrected chi connectivity index (χ1v) is 7.37. The highest BCUT2D eigenvalue weighted by atomic mass is 32.1. The van der Waals surface area contributed by atoms with Gasteiger partial charge in [-0.2, -0.15) is 4.98 Å². The van der Waals surface area contributed by atoms with Crippen LogP contribution in [0, 0.1) is 0 Å². The second kappa shape index (κ2) is 5.41. The molecular weight excluding hydrogens is 294 g/mol. The maximum atomic E-state index is 12.2. The Morgan fingerprint density at radius 1 is 1.38 bits per heavy atom. The molecule has 0 aliphatic carbocycles. The number of fused-ring (bicyclic) bond motifs is 1. The molecule has 1 fully saturated rings. The maximum Gasteiger partial charge on any atom is 0.323 e. The molecule has 0 spiro atoms. The van der Waals surface area contributed by atoms with Gasteiger partial charge in [-0.05, 0) is 7.05 Å². The molecule has 0 radical (unpaired) electrons. The third kappa shape index (κ3) is 2.74. The number of aromatic nitrogens is 3. The van der Waals surface area contributed by atoms with Crippen molar-refractivity contribution in [3.63, 3.8) is 0 Å². The van der Waals surface area contributed by atoms with Crippen molar-refractivity contribution in [2.75, 3.05) is 38.1 Å². The smallest absolute Gasteiger partial charge is 0.323 e. The number of rotatable bonds is 3. The van der Waals surface area contributed by atoms with Crippen LogP contribution < -0.4 is 10.5 Å². The number of nitrogens with zero attached hydrogens (tertiary/aromatic N) is 5. The first kappa shape index (κ1) is 14.0. The van der Waals surface area contributed by atoms with E-state index in [0.29, 0.717) is 10.3 Å². The normalized spacial score (nSPS) is 16.5. The fraction of sp³-hybridized carbons (Fsp3) is 0.500. The zero-order valence-corrected chi connectivity index (χ0v) is 12.3. The Morgan fingerprint density at radius 3 is 2.76 bits per heavy atom. The SMILES string of the molecule is CN1CCN(c2nc3ncn(CC(=O)O)c(=O)c3s2)CC1. The number of aliphatic carboxylic acids is 1. The van der Waals surface area contributed by atoms with E-state index in [4.69, 9.17) is 5.11 Å². The number of thiazole rings is 1. The highest BCUT2D eigenvalue weighted by Crippen LogP contribution is 2.25. The molecule has 3 rings (SSSR count). The molecule has 0 atom stereocenters. The molecule has 3 heterocycles. The lowest BCUT2D eigenvalue weighted by molar-refractivity contribution is -0.137. The largest absolute Gasteiger partial charge is 0.480 e. The third-order valence-electron chi connectivity index (χ3n) is 3.45. The van der Waals surface area contributed by atoms with Crippen molar-refractivity contribution in [2.24, 2.45) is 0 Å².